The molecule has 1 saturated carbocycles. The highest BCUT2D eigenvalue weighted by Gasteiger charge is 2.70. The maximum absolute atomic E-state index is 13.7. The minimum Gasteiger partial charge on any atom is -0.456 e. The number of fused-ring (bicyclic) bond motifs is 2. The van der Waals surface area contributed by atoms with Crippen molar-refractivity contribution in [3.8, 4) is 0 Å². The Morgan fingerprint density at radius 3 is 2.64 bits per heavy atom. The minimum atomic E-state index is -4.57. The van der Waals surface area contributed by atoms with E-state index in [0.29, 0.717) is 18.8 Å². The lowest BCUT2D eigenvalue weighted by Gasteiger charge is -2.57. The van der Waals surface area contributed by atoms with Gasteiger partial charge in [-0.15, -0.1) is 0 Å². The molecule has 1 unspecified atom stereocenters. The van der Waals surface area contributed by atoms with Crippen LogP contribution in [-0.2, 0) is 19.2 Å². The molecule has 4 fully saturated rings. The minimum absolute atomic E-state index is 0.0298. The van der Waals surface area contributed by atoms with Gasteiger partial charge in [-0.3, -0.25) is 0 Å². The molecular weight excluding hydrogens is 339 g/mol. The van der Waals surface area contributed by atoms with Gasteiger partial charge in [0.1, 0.15) is 0 Å². The molecule has 8 heteroatoms. The van der Waals surface area contributed by atoms with E-state index in [9.17, 15) is 13.2 Å². The van der Waals surface area contributed by atoms with E-state index in [1.165, 1.54) is 0 Å². The molecule has 25 heavy (non-hydrogen) atoms. The molecule has 2 bridgehead atoms. The number of ether oxygens (including phenoxy) is 2. The molecule has 5 nitrogen and oxygen atoms in total. The zero-order valence-corrected chi connectivity index (χ0v) is 14.6. The van der Waals surface area contributed by atoms with E-state index in [0.717, 1.165) is 12.8 Å². The van der Waals surface area contributed by atoms with Crippen molar-refractivity contribution in [3.63, 3.8) is 0 Å². The summed E-state index contributed by atoms with van der Waals surface area (Å²) in [6, 6.07) is 0. The first kappa shape index (κ1) is 17.6. The third-order valence-corrected chi connectivity index (χ3v) is 6.28. The third kappa shape index (κ3) is 2.44. The Kier molecular flexibility index (Phi) is 3.92. The monoisotopic (exact) mass is 363 g/mol. The van der Waals surface area contributed by atoms with Crippen molar-refractivity contribution in [1.29, 1.82) is 0 Å². The van der Waals surface area contributed by atoms with E-state index in [1.807, 2.05) is 0 Å². The fourth-order valence-electron chi connectivity index (χ4n) is 5.13. The Morgan fingerprint density at radius 2 is 1.96 bits per heavy atom. The predicted molar refractivity (Wildman–Crippen MR) is 80.9 cm³/mol. The molecule has 6 atom stereocenters. The van der Waals surface area contributed by atoms with Crippen molar-refractivity contribution in [2.45, 2.75) is 63.4 Å². The van der Waals surface area contributed by atoms with Gasteiger partial charge >= 0.3 is 6.18 Å². The molecule has 1 spiro atoms. The second kappa shape index (κ2) is 5.58. The van der Waals surface area contributed by atoms with Crippen LogP contribution in [0.15, 0.2) is 11.3 Å². The van der Waals surface area contributed by atoms with E-state index in [4.69, 9.17) is 19.2 Å². The van der Waals surface area contributed by atoms with Crippen LogP contribution in [-0.4, -0.2) is 37.4 Å². The Hall–Kier alpha value is -0.830. The summed E-state index contributed by atoms with van der Waals surface area (Å²) in [6.07, 6.45) is -2.88. The Balaban J connectivity index is 1.87. The van der Waals surface area contributed by atoms with Gasteiger partial charge in [0.2, 0.25) is 17.8 Å². The fourth-order valence-corrected chi connectivity index (χ4v) is 5.13. The fraction of sp³-hybridized carbons (Fsp3) is 0.882. The second-order valence-corrected chi connectivity index (χ2v) is 7.86. The molecule has 5 rings (SSSR count). The van der Waals surface area contributed by atoms with Gasteiger partial charge in [-0.25, -0.2) is 9.78 Å². The summed E-state index contributed by atoms with van der Waals surface area (Å²) >= 11 is 0. The molecule has 0 aromatic rings. The molecule has 4 aliphatic heterocycles. The van der Waals surface area contributed by atoms with Crippen molar-refractivity contribution < 1.29 is 32.4 Å². The van der Waals surface area contributed by atoms with Gasteiger partial charge in [-0.05, 0) is 44.7 Å². The highest BCUT2D eigenvalue weighted by Crippen LogP contribution is 2.61. The summed E-state index contributed by atoms with van der Waals surface area (Å²) in [5.74, 6) is -2.12. The average Bonchev–Trinajstić information content (AvgIpc) is 2.76. The third-order valence-electron chi connectivity index (χ3n) is 6.28. The number of likely N-dealkylation sites (N-methyl/N-ethyl adjacent to an activating group) is 1. The molecule has 0 aromatic carbocycles. The summed E-state index contributed by atoms with van der Waals surface area (Å²) < 4.78 is 52.4. The Labute approximate surface area is 144 Å². The first-order valence-electron chi connectivity index (χ1n) is 8.87. The van der Waals surface area contributed by atoms with E-state index < -0.39 is 35.5 Å². The average molecular weight is 363 g/mol. The largest absolute Gasteiger partial charge is 0.456 e. The van der Waals surface area contributed by atoms with Gasteiger partial charge in [0.15, 0.2) is 5.60 Å². The van der Waals surface area contributed by atoms with Crippen LogP contribution in [0.2, 0.25) is 0 Å². The van der Waals surface area contributed by atoms with Crippen LogP contribution < -0.4 is 5.32 Å². The smallest absolute Gasteiger partial charge is 0.449 e. The number of hydrogen-bond acceptors (Lipinski definition) is 5. The zero-order valence-electron chi connectivity index (χ0n) is 14.6. The number of allylic oxidation sites excluding steroid dienone is 1. The summed E-state index contributed by atoms with van der Waals surface area (Å²) in [4.78, 5) is 11.4. The quantitative estimate of drug-likeness (QED) is 0.763. The summed E-state index contributed by atoms with van der Waals surface area (Å²) in [5.41, 5.74) is -0.810. The van der Waals surface area contributed by atoms with Crippen LogP contribution in [0.5, 0.6) is 0 Å². The van der Waals surface area contributed by atoms with Crippen LogP contribution in [0.3, 0.4) is 0 Å². The van der Waals surface area contributed by atoms with Gasteiger partial charge < -0.3 is 14.8 Å². The van der Waals surface area contributed by atoms with Crippen molar-refractivity contribution in [1.82, 2.24) is 5.32 Å². The van der Waals surface area contributed by atoms with E-state index in [2.05, 4.69) is 12.2 Å². The molecule has 0 aromatic heterocycles. The van der Waals surface area contributed by atoms with Gasteiger partial charge in [-0.1, -0.05) is 6.92 Å². The Morgan fingerprint density at radius 1 is 1.20 bits per heavy atom. The van der Waals surface area contributed by atoms with E-state index in [1.54, 1.807) is 14.0 Å². The van der Waals surface area contributed by atoms with E-state index in [-0.39, 0.29) is 18.0 Å². The highest BCUT2D eigenvalue weighted by atomic mass is 19.4. The summed E-state index contributed by atoms with van der Waals surface area (Å²) in [5, 5.41) is 2.85. The van der Waals surface area contributed by atoms with Gasteiger partial charge in [0.05, 0.1) is 0 Å². The van der Waals surface area contributed by atoms with Gasteiger partial charge in [-0.2, -0.15) is 13.2 Å². The first-order valence-corrected chi connectivity index (χ1v) is 8.87. The Bertz CT molecular complexity index is 595. The molecule has 0 radical (unpaired) electrons. The molecule has 3 saturated heterocycles. The SMILES string of the molecule is CNCC1=C(C(F)(F)F)O[C@@H]2O[C@]3(C)CCC4[C@H](C)CC[C@@H]1[C@]42OO3. The van der Waals surface area contributed by atoms with Gasteiger partial charge in [0.25, 0.3) is 0 Å². The van der Waals surface area contributed by atoms with Crippen molar-refractivity contribution in [2.24, 2.45) is 17.8 Å². The molecule has 1 N–H and O–H groups in total. The standard InChI is InChI=1S/C17H24F3NO4/c1-9-4-5-12-10(8-21-3)13(17(18,19)20)22-14-16(12)11(9)6-7-15(2,23-14)24-25-16/h9,11-12,14,21H,4-8H2,1-3H3/t9-,11?,12+,14-,15+,16-/m1/s1. The van der Waals surface area contributed by atoms with Crippen molar-refractivity contribution in [2.75, 3.05) is 13.6 Å². The van der Waals surface area contributed by atoms with Crippen molar-refractivity contribution in [3.05, 3.63) is 11.3 Å². The van der Waals surface area contributed by atoms with Crippen LogP contribution in [0, 0.1) is 17.8 Å². The normalized spacial score (nSPS) is 46.5. The summed E-state index contributed by atoms with van der Waals surface area (Å²) in [6.45, 7) is 3.91. The van der Waals surface area contributed by atoms with Crippen LogP contribution in [0.1, 0.15) is 39.5 Å². The van der Waals surface area contributed by atoms with Crippen molar-refractivity contribution >= 4 is 0 Å². The van der Waals surface area contributed by atoms with Crippen LogP contribution >= 0.6 is 0 Å². The number of hydrogen-bond donors (Lipinski definition) is 1. The van der Waals surface area contributed by atoms with Crippen LogP contribution in [0.4, 0.5) is 13.2 Å². The molecular formula is C17H24F3NO4. The maximum Gasteiger partial charge on any atom is 0.449 e. The molecule has 1 aliphatic carbocycles. The first-order chi connectivity index (χ1) is 11.7. The number of alkyl halides is 3. The predicted octanol–water partition coefficient (Wildman–Crippen LogP) is 3.27. The van der Waals surface area contributed by atoms with E-state index >= 15 is 0 Å². The molecule has 5 aliphatic rings. The number of rotatable bonds is 2. The lowest BCUT2D eigenvalue weighted by atomic mass is 9.59. The lowest BCUT2D eigenvalue weighted by Crippen LogP contribution is -2.67. The maximum atomic E-state index is 13.7. The molecule has 142 valence electrons. The molecule has 0 amide bonds. The lowest BCUT2D eigenvalue weighted by molar-refractivity contribution is -0.557. The highest BCUT2D eigenvalue weighted by molar-refractivity contribution is 5.28. The summed E-state index contributed by atoms with van der Waals surface area (Å²) in [7, 11) is 1.63. The second-order valence-electron chi connectivity index (χ2n) is 7.86. The molecule has 4 heterocycles. The zero-order chi connectivity index (χ0) is 18.0. The topological polar surface area (TPSA) is 49.0 Å². The van der Waals surface area contributed by atoms with Gasteiger partial charge in [0, 0.05) is 24.8 Å². The number of halogens is 3. The number of nitrogens with one attached hydrogen (secondary N) is 1. The van der Waals surface area contributed by atoms with Crippen LogP contribution in [0.25, 0.3) is 0 Å².